The number of benzene rings is 1. The number of carbonyl (C=O) groups is 2. The Morgan fingerprint density at radius 1 is 1.13 bits per heavy atom. The predicted molar refractivity (Wildman–Crippen MR) is 134 cm³/mol. The molecule has 0 aliphatic heterocycles. The maximum atomic E-state index is 13.4. The molecule has 0 unspecified atom stereocenters. The zero-order valence-electron chi connectivity index (χ0n) is 19.9. The number of nitro benzene ring substituents is 1. The van der Waals surface area contributed by atoms with Crippen LogP contribution in [0.5, 0.6) is 0 Å². The van der Waals surface area contributed by atoms with Gasteiger partial charge in [0.25, 0.3) is 17.2 Å². The van der Waals surface area contributed by atoms with Crippen molar-refractivity contribution >= 4 is 34.2 Å². The van der Waals surface area contributed by atoms with E-state index in [-0.39, 0.29) is 46.5 Å². The lowest BCUT2D eigenvalue weighted by molar-refractivity contribution is -0.384. The molecule has 0 aliphatic rings. The molecule has 190 valence electrons. The number of nitrogens with zero attached hydrogens (tertiary/aromatic N) is 5. The normalized spacial score (nSPS) is 11.7. The first kappa shape index (κ1) is 24.3. The molecule has 0 spiro atoms. The van der Waals surface area contributed by atoms with Crippen molar-refractivity contribution in [3.63, 3.8) is 0 Å². The van der Waals surface area contributed by atoms with E-state index in [9.17, 15) is 24.5 Å². The van der Waals surface area contributed by atoms with Gasteiger partial charge in [-0.05, 0) is 49.4 Å². The SMILES string of the molecule is CCOC(=O)c1cc2c(=O)n3ccccc3nc2n(Cc2ccco2)c1=NC(=O)c1ccc([N+](=O)[O-])cc1. The van der Waals surface area contributed by atoms with Crippen molar-refractivity contribution in [3.8, 4) is 0 Å². The molecule has 0 aliphatic carbocycles. The molecular formula is C26H19N5O7. The molecule has 38 heavy (non-hydrogen) atoms. The van der Waals surface area contributed by atoms with Gasteiger partial charge in [0.15, 0.2) is 5.49 Å². The number of aromatic nitrogens is 3. The van der Waals surface area contributed by atoms with Crippen molar-refractivity contribution in [2.75, 3.05) is 6.61 Å². The molecule has 5 aromatic rings. The van der Waals surface area contributed by atoms with Gasteiger partial charge in [-0.1, -0.05) is 6.07 Å². The van der Waals surface area contributed by atoms with Crippen LogP contribution in [0.4, 0.5) is 5.69 Å². The van der Waals surface area contributed by atoms with Crippen LogP contribution in [0.25, 0.3) is 16.7 Å². The molecule has 0 N–H and O–H groups in total. The summed E-state index contributed by atoms with van der Waals surface area (Å²) in [5, 5.41) is 11.1. The smallest absolute Gasteiger partial charge is 0.341 e. The van der Waals surface area contributed by atoms with E-state index in [1.165, 1.54) is 45.6 Å². The predicted octanol–water partition coefficient (Wildman–Crippen LogP) is 3.12. The average Bonchev–Trinajstić information content (AvgIpc) is 3.43. The Kier molecular flexibility index (Phi) is 6.35. The van der Waals surface area contributed by atoms with Crippen LogP contribution in [-0.2, 0) is 11.3 Å². The Bertz CT molecular complexity index is 1840. The van der Waals surface area contributed by atoms with Gasteiger partial charge in [-0.25, -0.2) is 9.78 Å². The molecule has 1 aromatic carbocycles. The maximum absolute atomic E-state index is 13.4. The van der Waals surface area contributed by atoms with E-state index in [4.69, 9.17) is 9.15 Å². The van der Waals surface area contributed by atoms with Gasteiger partial charge in [-0.2, -0.15) is 4.99 Å². The second-order valence-electron chi connectivity index (χ2n) is 8.07. The third-order valence-corrected chi connectivity index (χ3v) is 5.71. The molecule has 0 fully saturated rings. The van der Waals surface area contributed by atoms with Crippen molar-refractivity contribution < 1.29 is 23.7 Å². The van der Waals surface area contributed by atoms with E-state index in [0.717, 1.165) is 0 Å². The molecule has 0 bridgehead atoms. The summed E-state index contributed by atoms with van der Waals surface area (Å²) in [6, 6.07) is 14.6. The number of esters is 1. The van der Waals surface area contributed by atoms with Crippen LogP contribution in [0, 0.1) is 10.1 Å². The fourth-order valence-electron chi connectivity index (χ4n) is 3.95. The van der Waals surface area contributed by atoms with Gasteiger partial charge in [0.1, 0.15) is 22.6 Å². The Hall–Kier alpha value is -5.39. The third-order valence-electron chi connectivity index (χ3n) is 5.71. The van der Waals surface area contributed by atoms with Crippen molar-refractivity contribution in [1.82, 2.24) is 14.0 Å². The maximum Gasteiger partial charge on any atom is 0.341 e. The molecule has 0 atom stereocenters. The minimum absolute atomic E-state index is 0.0153. The van der Waals surface area contributed by atoms with Gasteiger partial charge in [0, 0.05) is 23.9 Å². The topological polar surface area (TPSA) is 151 Å². The number of fused-ring (bicyclic) bond motifs is 2. The summed E-state index contributed by atoms with van der Waals surface area (Å²) < 4.78 is 13.5. The van der Waals surface area contributed by atoms with Crippen LogP contribution in [0.2, 0.25) is 0 Å². The zero-order chi connectivity index (χ0) is 26.8. The standard InChI is InChI=1S/C26H19N5O7/c1-2-37-26(34)20-14-19-22(27-21-7-3-4-12-29(21)25(19)33)30(15-18-6-5-13-38-18)23(20)28-24(32)16-8-10-17(11-9-16)31(35)36/h3-14H,2,15H2,1H3. The Morgan fingerprint density at radius 2 is 1.92 bits per heavy atom. The summed E-state index contributed by atoms with van der Waals surface area (Å²) in [5.41, 5.74) is -0.294. The number of rotatable bonds is 6. The largest absolute Gasteiger partial charge is 0.467 e. The van der Waals surface area contributed by atoms with Crippen LogP contribution in [-0.4, -0.2) is 37.4 Å². The quantitative estimate of drug-likeness (QED) is 0.145. The van der Waals surface area contributed by atoms with E-state index in [0.29, 0.717) is 11.4 Å². The first-order valence-electron chi connectivity index (χ1n) is 11.5. The van der Waals surface area contributed by atoms with Crippen LogP contribution in [0.1, 0.15) is 33.4 Å². The number of non-ortho nitro benzene ring substituents is 1. The lowest BCUT2D eigenvalue weighted by Crippen LogP contribution is -2.33. The fraction of sp³-hybridized carbons (Fsp3) is 0.115. The summed E-state index contributed by atoms with van der Waals surface area (Å²) in [5.74, 6) is -1.11. The summed E-state index contributed by atoms with van der Waals surface area (Å²) >= 11 is 0. The molecule has 12 nitrogen and oxygen atoms in total. The van der Waals surface area contributed by atoms with Crippen LogP contribution in [0.3, 0.4) is 0 Å². The van der Waals surface area contributed by atoms with Gasteiger partial charge in [-0.3, -0.25) is 24.1 Å². The molecule has 0 radical (unpaired) electrons. The van der Waals surface area contributed by atoms with Crippen LogP contribution >= 0.6 is 0 Å². The summed E-state index contributed by atoms with van der Waals surface area (Å²) in [4.78, 5) is 58.9. The van der Waals surface area contributed by atoms with E-state index >= 15 is 0 Å². The number of pyridine rings is 2. The fourth-order valence-corrected chi connectivity index (χ4v) is 3.95. The molecule has 4 aromatic heterocycles. The molecule has 0 saturated heterocycles. The number of hydrogen-bond donors (Lipinski definition) is 0. The van der Waals surface area contributed by atoms with Crippen molar-refractivity contribution in [2.24, 2.45) is 4.99 Å². The second kappa shape index (κ2) is 9.93. The number of hydrogen-bond acceptors (Lipinski definition) is 8. The molecular weight excluding hydrogens is 494 g/mol. The zero-order valence-corrected chi connectivity index (χ0v) is 19.9. The Balaban J connectivity index is 1.84. The highest BCUT2D eigenvalue weighted by molar-refractivity contribution is 5.97. The molecule has 12 heteroatoms. The number of nitro groups is 1. The second-order valence-corrected chi connectivity index (χ2v) is 8.07. The first-order valence-corrected chi connectivity index (χ1v) is 11.5. The number of furan rings is 1. The average molecular weight is 513 g/mol. The molecule has 0 saturated carbocycles. The lowest BCUT2D eigenvalue weighted by Gasteiger charge is -2.14. The third kappa shape index (κ3) is 4.46. The molecule has 5 rings (SSSR count). The lowest BCUT2D eigenvalue weighted by atomic mass is 10.2. The first-order chi connectivity index (χ1) is 18.4. The monoisotopic (exact) mass is 513 g/mol. The number of amides is 1. The Morgan fingerprint density at radius 3 is 2.61 bits per heavy atom. The minimum Gasteiger partial charge on any atom is -0.467 e. The van der Waals surface area contributed by atoms with Gasteiger partial charge < -0.3 is 13.7 Å². The number of ether oxygens (including phenoxy) is 1. The van der Waals surface area contributed by atoms with Crippen molar-refractivity contribution in [1.29, 1.82) is 0 Å². The number of carbonyl (C=O) groups excluding carboxylic acids is 2. The molecule has 1 amide bonds. The summed E-state index contributed by atoms with van der Waals surface area (Å²) in [6.45, 7) is 1.65. The Labute approximate surface area is 213 Å². The van der Waals surface area contributed by atoms with Gasteiger partial charge in [0.05, 0.1) is 29.7 Å². The highest BCUT2D eigenvalue weighted by Gasteiger charge is 2.21. The van der Waals surface area contributed by atoms with E-state index in [2.05, 4.69) is 9.98 Å². The minimum atomic E-state index is -0.796. The van der Waals surface area contributed by atoms with E-state index < -0.39 is 22.4 Å². The van der Waals surface area contributed by atoms with E-state index in [1.54, 1.807) is 43.5 Å². The highest BCUT2D eigenvalue weighted by Crippen LogP contribution is 2.15. The van der Waals surface area contributed by atoms with Gasteiger partial charge >= 0.3 is 5.97 Å². The van der Waals surface area contributed by atoms with Gasteiger partial charge in [0.2, 0.25) is 0 Å². The summed E-state index contributed by atoms with van der Waals surface area (Å²) in [6.07, 6.45) is 3.02. The van der Waals surface area contributed by atoms with Gasteiger partial charge in [-0.15, -0.1) is 0 Å². The molecule has 4 heterocycles. The van der Waals surface area contributed by atoms with Crippen molar-refractivity contribution in [3.05, 3.63) is 116 Å². The highest BCUT2D eigenvalue weighted by atomic mass is 16.6. The van der Waals surface area contributed by atoms with Crippen LogP contribution < -0.4 is 11.0 Å². The summed E-state index contributed by atoms with van der Waals surface area (Å²) in [7, 11) is 0. The van der Waals surface area contributed by atoms with Crippen LogP contribution in [0.15, 0.2) is 87.3 Å². The van der Waals surface area contributed by atoms with Crippen molar-refractivity contribution in [2.45, 2.75) is 13.5 Å². The van der Waals surface area contributed by atoms with E-state index in [1.807, 2.05) is 0 Å².